The van der Waals surface area contributed by atoms with Crippen molar-refractivity contribution in [3.05, 3.63) is 70.1 Å². The van der Waals surface area contributed by atoms with E-state index >= 15 is 0 Å². The highest BCUT2D eigenvalue weighted by Gasteiger charge is 2.05. The lowest BCUT2D eigenvalue weighted by Crippen LogP contribution is -2.47. The predicted molar refractivity (Wildman–Crippen MR) is 95.3 cm³/mol. The molecule has 8 heteroatoms. The SMILES string of the molecule is [NH3+]Cc1ccc(Nc2nc(Nc3ccc(C[NH3+])cc3)[nH]c(=O)n2)cc1. The molecule has 1 aromatic heterocycles. The van der Waals surface area contributed by atoms with Crippen LogP contribution in [0.3, 0.4) is 0 Å². The number of quaternary nitrogens is 2. The topological polar surface area (TPSA) is 138 Å². The van der Waals surface area contributed by atoms with Crippen LogP contribution in [0.15, 0.2) is 53.3 Å². The van der Waals surface area contributed by atoms with Gasteiger partial charge in [-0.1, -0.05) is 24.3 Å². The molecule has 2 aromatic carbocycles. The van der Waals surface area contributed by atoms with Crippen molar-refractivity contribution in [2.75, 3.05) is 10.6 Å². The molecule has 0 amide bonds. The molecule has 0 saturated heterocycles. The summed E-state index contributed by atoms with van der Waals surface area (Å²) in [5.74, 6) is 0.544. The Bertz CT molecular complexity index is 817. The van der Waals surface area contributed by atoms with Gasteiger partial charge in [-0.15, -0.1) is 0 Å². The summed E-state index contributed by atoms with van der Waals surface area (Å²) in [6.45, 7) is 1.45. The average molecular weight is 339 g/mol. The van der Waals surface area contributed by atoms with E-state index in [1.54, 1.807) is 0 Å². The van der Waals surface area contributed by atoms with Crippen molar-refractivity contribution >= 4 is 23.3 Å². The fourth-order valence-corrected chi connectivity index (χ4v) is 2.27. The summed E-state index contributed by atoms with van der Waals surface area (Å²) in [5, 5.41) is 6.09. The summed E-state index contributed by atoms with van der Waals surface area (Å²) in [6.07, 6.45) is 0. The lowest BCUT2D eigenvalue weighted by molar-refractivity contribution is -0.386. The first kappa shape index (κ1) is 16.6. The van der Waals surface area contributed by atoms with Gasteiger partial charge in [0.05, 0.1) is 13.1 Å². The van der Waals surface area contributed by atoms with E-state index in [9.17, 15) is 4.79 Å². The fraction of sp³-hybridized carbons (Fsp3) is 0.118. The number of H-pyrrole nitrogens is 1. The summed E-state index contributed by atoms with van der Waals surface area (Å²) < 4.78 is 0. The average Bonchev–Trinajstić information content (AvgIpc) is 2.62. The Labute approximate surface area is 144 Å². The van der Waals surface area contributed by atoms with Gasteiger partial charge < -0.3 is 22.1 Å². The van der Waals surface area contributed by atoms with Gasteiger partial charge in [-0.05, 0) is 24.3 Å². The number of nitrogens with zero attached hydrogens (tertiary/aromatic N) is 2. The van der Waals surface area contributed by atoms with Crippen molar-refractivity contribution in [3.63, 3.8) is 0 Å². The summed E-state index contributed by atoms with van der Waals surface area (Å²) >= 11 is 0. The number of hydrogen-bond donors (Lipinski definition) is 5. The van der Waals surface area contributed by atoms with Crippen molar-refractivity contribution in [3.8, 4) is 0 Å². The van der Waals surface area contributed by atoms with Gasteiger partial charge in [-0.2, -0.15) is 9.97 Å². The van der Waals surface area contributed by atoms with Crippen molar-refractivity contribution in [2.45, 2.75) is 13.1 Å². The van der Waals surface area contributed by atoms with Crippen LogP contribution in [0, 0.1) is 0 Å². The van der Waals surface area contributed by atoms with Crippen LogP contribution in [0.2, 0.25) is 0 Å². The molecule has 0 aliphatic rings. The van der Waals surface area contributed by atoms with Gasteiger partial charge in [0.15, 0.2) is 0 Å². The van der Waals surface area contributed by atoms with Gasteiger partial charge in [0.25, 0.3) is 0 Å². The Morgan fingerprint density at radius 2 is 1.32 bits per heavy atom. The third-order valence-corrected chi connectivity index (χ3v) is 3.65. The number of aromatic amines is 1. The minimum Gasteiger partial charge on any atom is -0.354 e. The minimum atomic E-state index is -0.483. The molecular weight excluding hydrogens is 318 g/mol. The molecule has 0 atom stereocenters. The fourth-order valence-electron chi connectivity index (χ4n) is 2.27. The van der Waals surface area contributed by atoms with Gasteiger partial charge >= 0.3 is 5.69 Å². The van der Waals surface area contributed by atoms with Gasteiger partial charge in [-0.25, -0.2) is 4.79 Å². The molecule has 0 unspecified atom stereocenters. The second-order valence-electron chi connectivity index (χ2n) is 5.47. The maximum Gasteiger partial charge on any atom is 0.351 e. The van der Waals surface area contributed by atoms with Gasteiger partial charge in [0, 0.05) is 22.5 Å². The van der Waals surface area contributed by atoms with Crippen LogP contribution in [-0.4, -0.2) is 15.0 Å². The Hall–Kier alpha value is -3.23. The van der Waals surface area contributed by atoms with E-state index in [4.69, 9.17) is 0 Å². The molecule has 0 saturated carbocycles. The zero-order valence-corrected chi connectivity index (χ0v) is 13.7. The number of aromatic nitrogens is 3. The highest BCUT2D eigenvalue weighted by Crippen LogP contribution is 2.16. The van der Waals surface area contributed by atoms with Crippen molar-refractivity contribution in [1.82, 2.24) is 15.0 Å². The Morgan fingerprint density at radius 3 is 1.84 bits per heavy atom. The molecule has 25 heavy (non-hydrogen) atoms. The Balaban J connectivity index is 1.78. The third-order valence-electron chi connectivity index (χ3n) is 3.65. The van der Waals surface area contributed by atoms with Crippen LogP contribution in [-0.2, 0) is 13.1 Å². The lowest BCUT2D eigenvalue weighted by Gasteiger charge is -2.08. The molecule has 0 radical (unpaired) electrons. The monoisotopic (exact) mass is 339 g/mol. The summed E-state index contributed by atoms with van der Waals surface area (Å²) in [6, 6.07) is 15.5. The van der Waals surface area contributed by atoms with Gasteiger partial charge in [0.2, 0.25) is 11.9 Å². The predicted octanol–water partition coefficient (Wildman–Crippen LogP) is 0.136. The molecule has 0 aliphatic heterocycles. The second kappa shape index (κ2) is 7.56. The lowest BCUT2D eigenvalue weighted by atomic mass is 10.2. The molecule has 9 N–H and O–H groups in total. The number of anilines is 4. The quantitative estimate of drug-likeness (QED) is 0.435. The highest BCUT2D eigenvalue weighted by molar-refractivity contribution is 5.57. The first-order valence-corrected chi connectivity index (χ1v) is 7.95. The van der Waals surface area contributed by atoms with Crippen LogP contribution in [0.1, 0.15) is 11.1 Å². The van der Waals surface area contributed by atoms with Gasteiger partial charge in [0.1, 0.15) is 0 Å². The normalized spacial score (nSPS) is 10.5. The van der Waals surface area contributed by atoms with E-state index in [0.29, 0.717) is 5.95 Å². The first-order valence-electron chi connectivity index (χ1n) is 7.95. The standard InChI is InChI=1S/C17H19N7O/c18-9-11-1-5-13(6-2-11)20-15-22-16(24-17(25)23-15)21-14-7-3-12(10-19)4-8-14/h1-8H,9-10,18-19H2,(H3,20,21,22,23,24,25)/p+2. The van der Waals surface area contributed by atoms with E-state index in [1.165, 1.54) is 0 Å². The maximum absolute atomic E-state index is 11.8. The zero-order valence-electron chi connectivity index (χ0n) is 13.7. The van der Waals surface area contributed by atoms with Crippen molar-refractivity contribution < 1.29 is 11.5 Å². The molecular formula is C17H21N7O+2. The van der Waals surface area contributed by atoms with Crippen LogP contribution in [0.5, 0.6) is 0 Å². The number of benzene rings is 2. The van der Waals surface area contributed by atoms with E-state index in [-0.39, 0.29) is 5.95 Å². The van der Waals surface area contributed by atoms with Gasteiger partial charge in [-0.3, -0.25) is 4.98 Å². The van der Waals surface area contributed by atoms with E-state index < -0.39 is 5.69 Å². The molecule has 128 valence electrons. The van der Waals surface area contributed by atoms with Crippen LogP contribution in [0.4, 0.5) is 23.3 Å². The molecule has 3 rings (SSSR count). The van der Waals surface area contributed by atoms with Crippen molar-refractivity contribution in [1.29, 1.82) is 0 Å². The Morgan fingerprint density at radius 1 is 0.800 bits per heavy atom. The van der Waals surface area contributed by atoms with Crippen molar-refractivity contribution in [2.24, 2.45) is 0 Å². The van der Waals surface area contributed by atoms with E-state index in [0.717, 1.165) is 35.6 Å². The first-order chi connectivity index (χ1) is 12.2. The maximum atomic E-state index is 11.8. The van der Waals surface area contributed by atoms with E-state index in [2.05, 4.69) is 37.1 Å². The third kappa shape index (κ3) is 4.40. The molecule has 8 nitrogen and oxygen atoms in total. The summed E-state index contributed by atoms with van der Waals surface area (Å²) in [4.78, 5) is 22.5. The summed E-state index contributed by atoms with van der Waals surface area (Å²) in [7, 11) is 0. The summed E-state index contributed by atoms with van der Waals surface area (Å²) in [5.41, 5.74) is 11.1. The molecule has 3 aromatic rings. The van der Waals surface area contributed by atoms with Crippen LogP contribution in [0.25, 0.3) is 0 Å². The molecule has 0 aliphatic carbocycles. The number of hydrogen-bond acceptors (Lipinski definition) is 5. The number of nitrogens with one attached hydrogen (secondary N) is 3. The molecule has 0 spiro atoms. The number of rotatable bonds is 6. The smallest absolute Gasteiger partial charge is 0.351 e. The minimum absolute atomic E-state index is 0.225. The molecule has 0 fully saturated rings. The largest absolute Gasteiger partial charge is 0.354 e. The van der Waals surface area contributed by atoms with Crippen LogP contribution < -0.4 is 27.8 Å². The Kier molecular flexibility index (Phi) is 5.03. The molecule has 0 bridgehead atoms. The van der Waals surface area contributed by atoms with Crippen LogP contribution >= 0.6 is 0 Å². The second-order valence-corrected chi connectivity index (χ2v) is 5.47. The van der Waals surface area contributed by atoms with E-state index in [1.807, 2.05) is 48.5 Å². The zero-order chi connectivity index (χ0) is 17.6. The highest BCUT2D eigenvalue weighted by atomic mass is 16.1. The molecule has 1 heterocycles.